The van der Waals surface area contributed by atoms with Crippen LogP contribution in [0, 0.1) is 0 Å². The third kappa shape index (κ3) is 2.73. The molecule has 2 heterocycles. The van der Waals surface area contributed by atoms with Gasteiger partial charge in [0.1, 0.15) is 5.82 Å². The van der Waals surface area contributed by atoms with E-state index in [1.165, 1.54) is 0 Å². The predicted molar refractivity (Wildman–Crippen MR) is 58.6 cm³/mol. The standard InChI is InChI=1S/C11H10ClN3/c12-10(11-14-4-1-5-15-11)8-9-2-6-13-7-3-9/h1-7,10H,8H2. The molecule has 0 aliphatic carbocycles. The lowest BCUT2D eigenvalue weighted by atomic mass is 10.1. The van der Waals surface area contributed by atoms with Crippen LogP contribution in [0.25, 0.3) is 0 Å². The number of aromatic nitrogens is 3. The van der Waals surface area contributed by atoms with Crippen molar-refractivity contribution in [3.05, 3.63) is 54.4 Å². The molecule has 2 aromatic heterocycles. The highest BCUT2D eigenvalue weighted by atomic mass is 35.5. The Morgan fingerprint density at radius 1 is 1.07 bits per heavy atom. The van der Waals surface area contributed by atoms with Crippen LogP contribution >= 0.6 is 11.6 Å². The molecule has 15 heavy (non-hydrogen) atoms. The normalized spacial score (nSPS) is 12.3. The fourth-order valence-corrected chi connectivity index (χ4v) is 1.58. The van der Waals surface area contributed by atoms with Crippen LogP contribution in [0.2, 0.25) is 0 Å². The van der Waals surface area contributed by atoms with Gasteiger partial charge in [-0.15, -0.1) is 11.6 Å². The van der Waals surface area contributed by atoms with Gasteiger partial charge in [0.15, 0.2) is 0 Å². The smallest absolute Gasteiger partial charge is 0.146 e. The Labute approximate surface area is 93.2 Å². The summed E-state index contributed by atoms with van der Waals surface area (Å²) in [6.07, 6.45) is 7.62. The van der Waals surface area contributed by atoms with Crippen molar-refractivity contribution in [2.75, 3.05) is 0 Å². The minimum atomic E-state index is -0.186. The number of hydrogen-bond donors (Lipinski definition) is 0. The first-order chi connectivity index (χ1) is 7.36. The zero-order valence-corrected chi connectivity index (χ0v) is 8.80. The van der Waals surface area contributed by atoms with Crippen LogP contribution in [-0.4, -0.2) is 15.0 Å². The van der Waals surface area contributed by atoms with Gasteiger partial charge < -0.3 is 0 Å². The molecule has 0 saturated heterocycles. The summed E-state index contributed by atoms with van der Waals surface area (Å²) < 4.78 is 0. The Hall–Kier alpha value is -1.48. The first-order valence-corrected chi connectivity index (χ1v) is 5.10. The Morgan fingerprint density at radius 3 is 2.40 bits per heavy atom. The maximum atomic E-state index is 6.20. The monoisotopic (exact) mass is 219 g/mol. The van der Waals surface area contributed by atoms with Crippen molar-refractivity contribution in [3.63, 3.8) is 0 Å². The molecular formula is C11H10ClN3. The summed E-state index contributed by atoms with van der Waals surface area (Å²) in [4.78, 5) is 12.2. The van der Waals surface area contributed by atoms with Crippen LogP contribution in [-0.2, 0) is 6.42 Å². The Bertz CT molecular complexity index is 405. The van der Waals surface area contributed by atoms with Crippen LogP contribution in [0.15, 0.2) is 43.0 Å². The molecule has 0 amide bonds. The highest BCUT2D eigenvalue weighted by Crippen LogP contribution is 2.20. The summed E-state index contributed by atoms with van der Waals surface area (Å²) in [5.74, 6) is 0.663. The quantitative estimate of drug-likeness (QED) is 0.745. The Morgan fingerprint density at radius 2 is 1.73 bits per heavy atom. The van der Waals surface area contributed by atoms with Gasteiger partial charge in [-0.2, -0.15) is 0 Å². The van der Waals surface area contributed by atoms with E-state index in [4.69, 9.17) is 11.6 Å². The number of hydrogen-bond acceptors (Lipinski definition) is 3. The maximum Gasteiger partial charge on any atom is 0.146 e. The van der Waals surface area contributed by atoms with Gasteiger partial charge in [-0.25, -0.2) is 9.97 Å². The van der Waals surface area contributed by atoms with Crippen molar-refractivity contribution >= 4 is 11.6 Å². The number of pyridine rings is 1. The van der Waals surface area contributed by atoms with Crippen molar-refractivity contribution in [3.8, 4) is 0 Å². The Balaban J connectivity index is 2.08. The lowest BCUT2D eigenvalue weighted by Crippen LogP contribution is -2.00. The molecule has 0 aliphatic rings. The zero-order chi connectivity index (χ0) is 10.5. The third-order valence-electron chi connectivity index (χ3n) is 2.03. The zero-order valence-electron chi connectivity index (χ0n) is 8.05. The van der Waals surface area contributed by atoms with E-state index in [1.807, 2.05) is 12.1 Å². The van der Waals surface area contributed by atoms with Gasteiger partial charge in [0.05, 0.1) is 5.38 Å². The molecule has 4 heteroatoms. The molecule has 0 N–H and O–H groups in total. The van der Waals surface area contributed by atoms with Gasteiger partial charge in [-0.3, -0.25) is 4.98 Å². The van der Waals surface area contributed by atoms with E-state index in [0.717, 1.165) is 5.56 Å². The number of nitrogens with zero attached hydrogens (tertiary/aromatic N) is 3. The second-order valence-electron chi connectivity index (χ2n) is 3.13. The molecule has 2 aromatic rings. The average Bonchev–Trinajstić information content (AvgIpc) is 2.31. The molecule has 0 aromatic carbocycles. The topological polar surface area (TPSA) is 38.7 Å². The highest BCUT2D eigenvalue weighted by molar-refractivity contribution is 6.20. The largest absolute Gasteiger partial charge is 0.265 e. The SMILES string of the molecule is ClC(Cc1ccncc1)c1ncccn1. The molecule has 0 fully saturated rings. The second kappa shape index (κ2) is 4.84. The molecule has 0 radical (unpaired) electrons. The molecule has 2 rings (SSSR count). The number of halogens is 1. The highest BCUT2D eigenvalue weighted by Gasteiger charge is 2.10. The van der Waals surface area contributed by atoms with E-state index in [2.05, 4.69) is 15.0 Å². The lowest BCUT2D eigenvalue weighted by molar-refractivity contribution is 0.825. The van der Waals surface area contributed by atoms with E-state index in [9.17, 15) is 0 Å². The molecule has 1 atom stereocenters. The van der Waals surface area contributed by atoms with Crippen LogP contribution in [0.3, 0.4) is 0 Å². The molecule has 1 unspecified atom stereocenters. The molecule has 76 valence electrons. The van der Waals surface area contributed by atoms with Gasteiger partial charge in [-0.1, -0.05) is 0 Å². The van der Waals surface area contributed by atoms with Crippen molar-refractivity contribution < 1.29 is 0 Å². The van der Waals surface area contributed by atoms with Gasteiger partial charge >= 0.3 is 0 Å². The van der Waals surface area contributed by atoms with Crippen LogP contribution in [0.5, 0.6) is 0 Å². The van der Waals surface area contributed by atoms with E-state index >= 15 is 0 Å². The molecular weight excluding hydrogens is 210 g/mol. The summed E-state index contributed by atoms with van der Waals surface area (Å²) in [6, 6.07) is 5.66. The first-order valence-electron chi connectivity index (χ1n) is 4.66. The van der Waals surface area contributed by atoms with Gasteiger partial charge in [0.2, 0.25) is 0 Å². The van der Waals surface area contributed by atoms with Crippen molar-refractivity contribution in [2.45, 2.75) is 11.8 Å². The molecule has 0 saturated carbocycles. The van der Waals surface area contributed by atoms with Gasteiger partial charge in [0.25, 0.3) is 0 Å². The lowest BCUT2D eigenvalue weighted by Gasteiger charge is -2.06. The minimum Gasteiger partial charge on any atom is -0.265 e. The number of alkyl halides is 1. The predicted octanol–water partition coefficient (Wildman–Crippen LogP) is 2.39. The van der Waals surface area contributed by atoms with E-state index in [1.54, 1.807) is 30.9 Å². The third-order valence-corrected chi connectivity index (χ3v) is 2.38. The van der Waals surface area contributed by atoms with Gasteiger partial charge in [0, 0.05) is 24.8 Å². The van der Waals surface area contributed by atoms with E-state index < -0.39 is 0 Å². The molecule has 0 spiro atoms. The van der Waals surface area contributed by atoms with Crippen LogP contribution in [0.4, 0.5) is 0 Å². The first kappa shape index (κ1) is 10.1. The molecule has 0 aliphatic heterocycles. The summed E-state index contributed by atoms with van der Waals surface area (Å²) in [5, 5.41) is -0.186. The minimum absolute atomic E-state index is 0.186. The molecule has 3 nitrogen and oxygen atoms in total. The van der Waals surface area contributed by atoms with Crippen molar-refractivity contribution in [1.82, 2.24) is 15.0 Å². The van der Waals surface area contributed by atoms with E-state index in [-0.39, 0.29) is 5.38 Å². The number of rotatable bonds is 3. The maximum absolute atomic E-state index is 6.20. The summed E-state index contributed by atoms with van der Waals surface area (Å²) in [7, 11) is 0. The summed E-state index contributed by atoms with van der Waals surface area (Å²) in [6.45, 7) is 0. The van der Waals surface area contributed by atoms with Crippen molar-refractivity contribution in [1.29, 1.82) is 0 Å². The van der Waals surface area contributed by atoms with Gasteiger partial charge in [-0.05, 0) is 30.2 Å². The fraction of sp³-hybridized carbons (Fsp3) is 0.182. The van der Waals surface area contributed by atoms with Crippen LogP contribution in [0.1, 0.15) is 16.8 Å². The summed E-state index contributed by atoms with van der Waals surface area (Å²) in [5.41, 5.74) is 1.14. The fourth-order valence-electron chi connectivity index (χ4n) is 1.29. The molecule has 0 bridgehead atoms. The average molecular weight is 220 g/mol. The van der Waals surface area contributed by atoms with Crippen molar-refractivity contribution in [2.24, 2.45) is 0 Å². The summed E-state index contributed by atoms with van der Waals surface area (Å²) >= 11 is 6.20. The Kier molecular flexibility index (Phi) is 3.25. The van der Waals surface area contributed by atoms with E-state index in [0.29, 0.717) is 12.2 Å². The second-order valence-corrected chi connectivity index (χ2v) is 3.66. The van der Waals surface area contributed by atoms with Crippen LogP contribution < -0.4 is 0 Å².